The van der Waals surface area contributed by atoms with Gasteiger partial charge in [-0.05, 0) is 23.1 Å². The van der Waals surface area contributed by atoms with Crippen molar-refractivity contribution in [2.75, 3.05) is 6.61 Å². The summed E-state index contributed by atoms with van der Waals surface area (Å²) in [4.78, 5) is 17.1. The molecule has 1 aromatic carbocycles. The minimum absolute atomic E-state index is 0.110. The second kappa shape index (κ2) is 7.23. The molecule has 0 aliphatic heterocycles. The number of ether oxygens (including phenoxy) is 1. The largest absolute Gasteiger partial charge is 0.389 e. The van der Waals surface area contributed by atoms with Crippen molar-refractivity contribution in [1.29, 1.82) is 0 Å². The molecule has 3 aromatic rings. The maximum Gasteiger partial charge on any atom is 0.262 e. The normalized spacial score (nSPS) is 12.6. The molecule has 0 saturated heterocycles. The summed E-state index contributed by atoms with van der Waals surface area (Å²) in [6.07, 6.45) is 0.659. The topological polar surface area (TPSA) is 64.4 Å². The Kier molecular flexibility index (Phi) is 5.07. The lowest BCUT2D eigenvalue weighted by Crippen LogP contribution is -2.29. The maximum atomic E-state index is 12.2. The number of nitrogens with zero attached hydrogens (tertiary/aromatic N) is 2. The van der Waals surface area contributed by atoms with Crippen molar-refractivity contribution in [1.82, 2.24) is 9.55 Å². The molecule has 0 saturated carbocycles. The first-order valence-corrected chi connectivity index (χ1v) is 8.33. The smallest absolute Gasteiger partial charge is 0.262 e. The third-order valence-electron chi connectivity index (χ3n) is 3.38. The number of aromatic nitrogens is 2. The van der Waals surface area contributed by atoms with Crippen LogP contribution < -0.4 is 5.56 Å². The molecule has 3 rings (SSSR count). The molecule has 5 nitrogen and oxygen atoms in total. The molecule has 1 atom stereocenters. The summed E-state index contributed by atoms with van der Waals surface area (Å²) in [5.41, 5.74) is 0.710. The molecule has 23 heavy (non-hydrogen) atoms. The van der Waals surface area contributed by atoms with Gasteiger partial charge in [-0.25, -0.2) is 4.98 Å². The van der Waals surface area contributed by atoms with Crippen molar-refractivity contribution in [3.05, 3.63) is 63.0 Å². The SMILES string of the molecule is O=c1c2ccsc2ncn1C[C@H](O)COCc1ccccc1Cl. The Labute approximate surface area is 141 Å². The first-order chi connectivity index (χ1) is 11.1. The molecule has 120 valence electrons. The molecule has 7 heteroatoms. The van der Waals surface area contributed by atoms with E-state index in [0.29, 0.717) is 21.8 Å². The van der Waals surface area contributed by atoms with E-state index in [-0.39, 0.29) is 18.7 Å². The van der Waals surface area contributed by atoms with Gasteiger partial charge in [-0.1, -0.05) is 29.8 Å². The van der Waals surface area contributed by atoms with Gasteiger partial charge in [-0.2, -0.15) is 0 Å². The highest BCUT2D eigenvalue weighted by atomic mass is 35.5. The number of aliphatic hydroxyl groups excluding tert-OH is 1. The van der Waals surface area contributed by atoms with Gasteiger partial charge in [0.2, 0.25) is 0 Å². The van der Waals surface area contributed by atoms with Gasteiger partial charge in [-0.15, -0.1) is 11.3 Å². The maximum absolute atomic E-state index is 12.2. The molecule has 0 aliphatic rings. The monoisotopic (exact) mass is 350 g/mol. The molecule has 0 unspecified atom stereocenters. The zero-order valence-electron chi connectivity index (χ0n) is 12.2. The fourth-order valence-corrected chi connectivity index (χ4v) is 3.14. The molecule has 0 bridgehead atoms. The van der Waals surface area contributed by atoms with Crippen LogP contribution in [0.5, 0.6) is 0 Å². The summed E-state index contributed by atoms with van der Waals surface area (Å²) in [5.74, 6) is 0. The van der Waals surface area contributed by atoms with Crippen LogP contribution in [-0.4, -0.2) is 27.4 Å². The molecule has 1 N–H and O–H groups in total. The van der Waals surface area contributed by atoms with Crippen molar-refractivity contribution in [2.24, 2.45) is 0 Å². The predicted molar refractivity (Wildman–Crippen MR) is 91.0 cm³/mol. The van der Waals surface area contributed by atoms with Gasteiger partial charge in [0.1, 0.15) is 4.83 Å². The third kappa shape index (κ3) is 3.79. The van der Waals surface area contributed by atoms with Crippen LogP contribution in [-0.2, 0) is 17.9 Å². The van der Waals surface area contributed by atoms with Crippen LogP contribution in [0.1, 0.15) is 5.56 Å². The van der Waals surface area contributed by atoms with Crippen molar-refractivity contribution >= 4 is 33.2 Å². The third-order valence-corrected chi connectivity index (χ3v) is 4.57. The summed E-state index contributed by atoms with van der Waals surface area (Å²) in [6, 6.07) is 9.13. The molecule has 2 aromatic heterocycles. The molecule has 0 radical (unpaired) electrons. The lowest BCUT2D eigenvalue weighted by Gasteiger charge is -2.13. The number of hydrogen-bond donors (Lipinski definition) is 1. The molecular formula is C16H15ClN2O3S. The van der Waals surface area contributed by atoms with Crippen LogP contribution in [0.25, 0.3) is 10.2 Å². The van der Waals surface area contributed by atoms with Crippen molar-refractivity contribution < 1.29 is 9.84 Å². The highest BCUT2D eigenvalue weighted by Crippen LogP contribution is 2.16. The zero-order valence-corrected chi connectivity index (χ0v) is 13.8. The van der Waals surface area contributed by atoms with Crippen LogP contribution in [0.4, 0.5) is 0 Å². The first-order valence-electron chi connectivity index (χ1n) is 7.07. The van der Waals surface area contributed by atoms with Gasteiger partial charge in [0.05, 0.1) is 37.6 Å². The van der Waals surface area contributed by atoms with Gasteiger partial charge in [-0.3, -0.25) is 9.36 Å². The van der Waals surface area contributed by atoms with E-state index in [1.54, 1.807) is 12.1 Å². The molecule has 2 heterocycles. The Bertz CT molecular complexity index is 862. The van der Waals surface area contributed by atoms with Gasteiger partial charge in [0.15, 0.2) is 0 Å². The lowest BCUT2D eigenvalue weighted by atomic mass is 10.2. The average molecular weight is 351 g/mol. The van der Waals surface area contributed by atoms with Crippen LogP contribution in [0.3, 0.4) is 0 Å². The van der Waals surface area contributed by atoms with E-state index in [2.05, 4.69) is 4.98 Å². The summed E-state index contributed by atoms with van der Waals surface area (Å²) < 4.78 is 6.88. The summed E-state index contributed by atoms with van der Waals surface area (Å²) >= 11 is 7.46. The number of hydrogen-bond acceptors (Lipinski definition) is 5. The standard InChI is InChI=1S/C16H15ClN2O3S/c17-14-4-2-1-3-11(14)8-22-9-12(20)7-19-10-18-15-13(16(19)21)5-6-23-15/h1-6,10,12,20H,7-9H2/t12-/m0/s1. The van der Waals surface area contributed by atoms with Gasteiger partial charge < -0.3 is 9.84 Å². The zero-order chi connectivity index (χ0) is 16.2. The van der Waals surface area contributed by atoms with E-state index >= 15 is 0 Å². The number of fused-ring (bicyclic) bond motifs is 1. The molecule has 0 fully saturated rings. The number of halogens is 1. The summed E-state index contributed by atoms with van der Waals surface area (Å²) in [7, 11) is 0. The van der Waals surface area contributed by atoms with Crippen molar-refractivity contribution in [3.8, 4) is 0 Å². The van der Waals surface area contributed by atoms with Crippen LogP contribution in [0.2, 0.25) is 5.02 Å². The Hall–Kier alpha value is -1.73. The Morgan fingerprint density at radius 3 is 3.00 bits per heavy atom. The van der Waals surface area contributed by atoms with E-state index in [9.17, 15) is 9.90 Å². The van der Waals surface area contributed by atoms with E-state index < -0.39 is 6.10 Å². The number of benzene rings is 1. The quantitative estimate of drug-likeness (QED) is 0.742. The van der Waals surface area contributed by atoms with Crippen LogP contribution >= 0.6 is 22.9 Å². The van der Waals surface area contributed by atoms with Crippen LogP contribution in [0.15, 0.2) is 46.8 Å². The Morgan fingerprint density at radius 1 is 1.35 bits per heavy atom. The van der Waals surface area contributed by atoms with Crippen LogP contribution in [0, 0.1) is 0 Å². The minimum Gasteiger partial charge on any atom is -0.389 e. The predicted octanol–water partition coefficient (Wildman–Crippen LogP) is 2.69. The van der Waals surface area contributed by atoms with Crippen molar-refractivity contribution in [2.45, 2.75) is 19.3 Å². The number of aliphatic hydroxyl groups is 1. The lowest BCUT2D eigenvalue weighted by molar-refractivity contribution is 0.0199. The van der Waals surface area contributed by atoms with E-state index in [1.807, 2.05) is 23.6 Å². The molecule has 0 amide bonds. The van der Waals surface area contributed by atoms with Gasteiger partial charge in [0, 0.05) is 5.02 Å². The number of thiophene rings is 1. The highest BCUT2D eigenvalue weighted by Gasteiger charge is 2.10. The summed E-state index contributed by atoms with van der Waals surface area (Å²) in [6.45, 7) is 0.562. The molecule has 0 spiro atoms. The second-order valence-corrected chi connectivity index (χ2v) is 6.40. The summed E-state index contributed by atoms with van der Waals surface area (Å²) in [5, 5.41) is 13.1. The first kappa shape index (κ1) is 16.1. The fourth-order valence-electron chi connectivity index (χ4n) is 2.22. The van der Waals surface area contributed by atoms with E-state index in [1.165, 1.54) is 22.2 Å². The van der Waals surface area contributed by atoms with Gasteiger partial charge >= 0.3 is 0 Å². The Balaban J connectivity index is 1.58. The number of rotatable bonds is 6. The van der Waals surface area contributed by atoms with Crippen molar-refractivity contribution in [3.63, 3.8) is 0 Å². The second-order valence-electron chi connectivity index (χ2n) is 5.10. The highest BCUT2D eigenvalue weighted by molar-refractivity contribution is 7.16. The molecule has 0 aliphatic carbocycles. The van der Waals surface area contributed by atoms with E-state index in [0.717, 1.165) is 5.56 Å². The van der Waals surface area contributed by atoms with Gasteiger partial charge in [0.25, 0.3) is 5.56 Å². The minimum atomic E-state index is -0.798. The fraction of sp³-hybridized carbons (Fsp3) is 0.250. The Morgan fingerprint density at radius 2 is 2.17 bits per heavy atom. The molecular weight excluding hydrogens is 336 g/mol. The average Bonchev–Trinajstić information content (AvgIpc) is 3.01. The van der Waals surface area contributed by atoms with E-state index in [4.69, 9.17) is 16.3 Å².